The molecule has 3 heteroatoms. The molecule has 3 rings (SSSR count). The first-order valence-electron chi connectivity index (χ1n) is 10.8. The van der Waals surface area contributed by atoms with Crippen LogP contribution in [0.4, 0.5) is 0 Å². The molecule has 0 aromatic heterocycles. The Labute approximate surface area is 155 Å². The third-order valence-corrected chi connectivity index (χ3v) is 7.81. The molecule has 1 spiro atoms. The second-order valence-electron chi connectivity index (χ2n) is 10.0. The molecule has 3 aliphatic rings. The normalized spacial score (nSPS) is 36.2. The highest BCUT2D eigenvalue weighted by atomic mass is 16.7. The standard InChI is InChI=1S/C22H41NO2/c1-17(2)21(4,5)19-6-11-22(12-7-19)24-15-10-20(25-22)16-23-13-8-18(3)9-14-23/h17-20H,6-16H2,1-5H3. The van der Waals surface area contributed by atoms with E-state index in [9.17, 15) is 0 Å². The number of rotatable bonds is 4. The van der Waals surface area contributed by atoms with E-state index in [0.717, 1.165) is 50.2 Å². The van der Waals surface area contributed by atoms with E-state index in [4.69, 9.17) is 9.47 Å². The van der Waals surface area contributed by atoms with E-state index in [1.165, 1.54) is 38.8 Å². The Morgan fingerprint density at radius 1 is 1.04 bits per heavy atom. The summed E-state index contributed by atoms with van der Waals surface area (Å²) >= 11 is 0. The van der Waals surface area contributed by atoms with Crippen molar-refractivity contribution < 1.29 is 9.47 Å². The molecular formula is C22H41NO2. The number of likely N-dealkylation sites (tertiary alicyclic amines) is 1. The van der Waals surface area contributed by atoms with Crippen molar-refractivity contribution in [3.63, 3.8) is 0 Å². The monoisotopic (exact) mass is 351 g/mol. The molecule has 1 atom stereocenters. The van der Waals surface area contributed by atoms with Gasteiger partial charge in [0.25, 0.3) is 0 Å². The molecule has 2 saturated heterocycles. The lowest BCUT2D eigenvalue weighted by atomic mass is 9.64. The zero-order chi connectivity index (χ0) is 18.1. The summed E-state index contributed by atoms with van der Waals surface area (Å²) in [6, 6.07) is 0. The molecule has 146 valence electrons. The van der Waals surface area contributed by atoms with Gasteiger partial charge in [-0.1, -0.05) is 34.6 Å². The maximum atomic E-state index is 6.60. The summed E-state index contributed by atoms with van der Waals surface area (Å²) in [5.74, 6) is 2.16. The van der Waals surface area contributed by atoms with E-state index in [-0.39, 0.29) is 5.79 Å². The van der Waals surface area contributed by atoms with E-state index in [1.54, 1.807) is 0 Å². The van der Waals surface area contributed by atoms with E-state index < -0.39 is 0 Å². The van der Waals surface area contributed by atoms with Crippen LogP contribution in [0.2, 0.25) is 0 Å². The minimum absolute atomic E-state index is 0.268. The Morgan fingerprint density at radius 2 is 1.68 bits per heavy atom. The first kappa shape index (κ1) is 19.6. The molecule has 0 aromatic rings. The van der Waals surface area contributed by atoms with Gasteiger partial charge in [-0.25, -0.2) is 0 Å². The quantitative estimate of drug-likeness (QED) is 0.704. The van der Waals surface area contributed by atoms with E-state index >= 15 is 0 Å². The highest BCUT2D eigenvalue weighted by molar-refractivity contribution is 4.90. The number of nitrogens with zero attached hydrogens (tertiary/aromatic N) is 1. The summed E-state index contributed by atoms with van der Waals surface area (Å²) in [6.07, 6.45) is 8.80. The van der Waals surface area contributed by atoms with Crippen LogP contribution in [-0.4, -0.2) is 43.0 Å². The van der Waals surface area contributed by atoms with E-state index in [2.05, 4.69) is 39.5 Å². The first-order valence-corrected chi connectivity index (χ1v) is 10.8. The third-order valence-electron chi connectivity index (χ3n) is 7.81. The number of piperidine rings is 1. The minimum atomic E-state index is -0.268. The Kier molecular flexibility index (Phi) is 6.17. The molecule has 1 unspecified atom stereocenters. The van der Waals surface area contributed by atoms with Crippen LogP contribution >= 0.6 is 0 Å². The topological polar surface area (TPSA) is 21.7 Å². The molecule has 0 bridgehead atoms. The molecule has 3 fully saturated rings. The largest absolute Gasteiger partial charge is 0.350 e. The highest BCUT2D eigenvalue weighted by Gasteiger charge is 2.45. The average molecular weight is 352 g/mol. The van der Waals surface area contributed by atoms with Crippen molar-refractivity contribution in [1.29, 1.82) is 0 Å². The van der Waals surface area contributed by atoms with Crippen LogP contribution in [0.25, 0.3) is 0 Å². The molecule has 0 aromatic carbocycles. The van der Waals surface area contributed by atoms with E-state index in [0.29, 0.717) is 11.5 Å². The second kappa shape index (κ2) is 7.86. The molecule has 25 heavy (non-hydrogen) atoms. The smallest absolute Gasteiger partial charge is 0.168 e. The van der Waals surface area contributed by atoms with Crippen LogP contribution < -0.4 is 0 Å². The van der Waals surface area contributed by atoms with Crippen LogP contribution in [0, 0.1) is 23.2 Å². The molecule has 0 radical (unpaired) electrons. The maximum absolute atomic E-state index is 6.60. The fraction of sp³-hybridized carbons (Fsp3) is 1.00. The molecule has 1 aliphatic carbocycles. The Morgan fingerprint density at radius 3 is 2.28 bits per heavy atom. The van der Waals surface area contributed by atoms with Crippen LogP contribution in [0.15, 0.2) is 0 Å². The average Bonchev–Trinajstić information content (AvgIpc) is 2.57. The zero-order valence-electron chi connectivity index (χ0n) is 17.4. The van der Waals surface area contributed by atoms with Gasteiger partial charge in [-0.2, -0.15) is 0 Å². The van der Waals surface area contributed by atoms with Crippen molar-refractivity contribution in [3.05, 3.63) is 0 Å². The predicted molar refractivity (Wildman–Crippen MR) is 104 cm³/mol. The summed E-state index contributed by atoms with van der Waals surface area (Å²) in [4.78, 5) is 2.62. The molecule has 3 nitrogen and oxygen atoms in total. The van der Waals surface area contributed by atoms with Gasteiger partial charge in [0.1, 0.15) is 0 Å². The van der Waals surface area contributed by atoms with Gasteiger partial charge >= 0.3 is 0 Å². The summed E-state index contributed by atoms with van der Waals surface area (Å²) in [5, 5.41) is 0. The molecule has 0 N–H and O–H groups in total. The predicted octanol–water partition coefficient (Wildman–Crippen LogP) is 5.09. The Bertz CT molecular complexity index is 418. The minimum Gasteiger partial charge on any atom is -0.350 e. The van der Waals surface area contributed by atoms with Crippen LogP contribution in [0.5, 0.6) is 0 Å². The lowest BCUT2D eigenvalue weighted by molar-refractivity contribution is -0.311. The fourth-order valence-corrected chi connectivity index (χ4v) is 4.97. The van der Waals surface area contributed by atoms with Gasteiger partial charge in [0.15, 0.2) is 5.79 Å². The van der Waals surface area contributed by atoms with Crippen LogP contribution in [-0.2, 0) is 9.47 Å². The summed E-state index contributed by atoms with van der Waals surface area (Å²) < 4.78 is 12.8. The lowest BCUT2D eigenvalue weighted by Crippen LogP contribution is -2.51. The van der Waals surface area contributed by atoms with Crippen LogP contribution in [0.3, 0.4) is 0 Å². The van der Waals surface area contributed by atoms with Gasteiger partial charge in [0.2, 0.25) is 0 Å². The molecular weight excluding hydrogens is 310 g/mol. The van der Waals surface area contributed by atoms with Crippen molar-refractivity contribution in [2.24, 2.45) is 23.2 Å². The summed E-state index contributed by atoms with van der Waals surface area (Å²) in [6.45, 7) is 16.5. The van der Waals surface area contributed by atoms with Crippen molar-refractivity contribution in [1.82, 2.24) is 4.90 Å². The molecule has 1 saturated carbocycles. The van der Waals surface area contributed by atoms with Crippen molar-refractivity contribution >= 4 is 0 Å². The zero-order valence-corrected chi connectivity index (χ0v) is 17.4. The van der Waals surface area contributed by atoms with Gasteiger partial charge in [-0.3, -0.25) is 0 Å². The maximum Gasteiger partial charge on any atom is 0.168 e. The SMILES string of the molecule is CC1CCN(CC2CCOC3(CCC(C(C)(C)C(C)C)CC3)O2)CC1. The van der Waals surface area contributed by atoms with E-state index in [1.807, 2.05) is 0 Å². The van der Waals surface area contributed by atoms with Crippen molar-refractivity contribution in [3.8, 4) is 0 Å². The Balaban J connectivity index is 1.51. The highest BCUT2D eigenvalue weighted by Crippen LogP contribution is 2.48. The van der Waals surface area contributed by atoms with Gasteiger partial charge in [0.05, 0.1) is 12.7 Å². The van der Waals surface area contributed by atoms with Gasteiger partial charge in [-0.15, -0.1) is 0 Å². The van der Waals surface area contributed by atoms with Gasteiger partial charge < -0.3 is 14.4 Å². The van der Waals surface area contributed by atoms with Crippen molar-refractivity contribution in [2.45, 2.75) is 91.5 Å². The number of hydrogen-bond acceptors (Lipinski definition) is 3. The van der Waals surface area contributed by atoms with Crippen LogP contribution in [0.1, 0.15) is 79.6 Å². The summed E-state index contributed by atoms with van der Waals surface area (Å²) in [5.41, 5.74) is 0.417. The fourth-order valence-electron chi connectivity index (χ4n) is 4.97. The van der Waals surface area contributed by atoms with Gasteiger partial charge in [0, 0.05) is 19.4 Å². The lowest BCUT2D eigenvalue weighted by Gasteiger charge is -2.49. The van der Waals surface area contributed by atoms with Crippen molar-refractivity contribution in [2.75, 3.05) is 26.2 Å². The Hall–Kier alpha value is -0.120. The molecule has 0 amide bonds. The third kappa shape index (κ3) is 4.59. The molecule has 2 heterocycles. The van der Waals surface area contributed by atoms with Gasteiger partial charge in [-0.05, 0) is 68.4 Å². The number of ether oxygens (including phenoxy) is 2. The first-order chi connectivity index (χ1) is 11.8. The second-order valence-corrected chi connectivity index (χ2v) is 10.0. The number of hydrogen-bond donors (Lipinski definition) is 0. The summed E-state index contributed by atoms with van der Waals surface area (Å²) in [7, 11) is 0. The molecule has 2 aliphatic heterocycles.